The Labute approximate surface area is 206 Å². The number of rotatable bonds is 8. The SMILES string of the molecule is COc1ccc(NC(=O)Cn2c(=O)n(-c3ccccc3)c(=O)c3cc(OC)c(OC)cc32)cc1OC. The monoisotopic (exact) mass is 491 g/mol. The summed E-state index contributed by atoms with van der Waals surface area (Å²) in [5, 5.41) is 2.95. The van der Waals surface area contributed by atoms with Crippen LogP contribution in [-0.4, -0.2) is 43.5 Å². The molecular formula is C26H25N3O7. The molecule has 0 bridgehead atoms. The van der Waals surface area contributed by atoms with Crippen LogP contribution >= 0.6 is 0 Å². The van der Waals surface area contributed by atoms with Crippen molar-refractivity contribution in [2.24, 2.45) is 0 Å². The molecule has 1 aromatic heterocycles. The molecule has 1 amide bonds. The number of hydrogen-bond donors (Lipinski definition) is 1. The number of fused-ring (bicyclic) bond motifs is 1. The molecule has 0 saturated carbocycles. The normalized spacial score (nSPS) is 10.7. The summed E-state index contributed by atoms with van der Waals surface area (Å²) in [7, 11) is 5.90. The van der Waals surface area contributed by atoms with Gasteiger partial charge in [-0.2, -0.15) is 0 Å². The zero-order valence-electron chi connectivity index (χ0n) is 20.2. The molecule has 4 rings (SSSR count). The Morgan fingerprint density at radius 2 is 1.39 bits per heavy atom. The maximum absolute atomic E-state index is 13.6. The van der Waals surface area contributed by atoms with Gasteiger partial charge in [0.25, 0.3) is 5.56 Å². The third-order valence-corrected chi connectivity index (χ3v) is 5.63. The maximum atomic E-state index is 13.6. The van der Waals surface area contributed by atoms with Crippen molar-refractivity contribution in [1.82, 2.24) is 9.13 Å². The number of nitrogens with zero attached hydrogens (tertiary/aromatic N) is 2. The number of ether oxygens (including phenoxy) is 4. The highest BCUT2D eigenvalue weighted by molar-refractivity contribution is 5.92. The molecule has 0 aliphatic rings. The van der Waals surface area contributed by atoms with Gasteiger partial charge >= 0.3 is 5.69 Å². The number of hydrogen-bond acceptors (Lipinski definition) is 7. The Hall–Kier alpha value is -4.73. The smallest absolute Gasteiger partial charge is 0.336 e. The number of amides is 1. The van der Waals surface area contributed by atoms with Crippen molar-refractivity contribution < 1.29 is 23.7 Å². The molecule has 186 valence electrons. The quantitative estimate of drug-likeness (QED) is 0.404. The van der Waals surface area contributed by atoms with E-state index in [1.54, 1.807) is 48.5 Å². The van der Waals surface area contributed by atoms with Crippen LogP contribution < -0.4 is 35.5 Å². The van der Waals surface area contributed by atoms with E-state index in [1.165, 1.54) is 45.1 Å². The standard InChI is InChI=1S/C26H25N3O7/c1-33-20-11-10-16(12-21(20)34-2)27-24(30)15-28-19-14-23(36-4)22(35-3)13-18(19)25(31)29(26(28)32)17-8-6-5-7-9-17/h5-14H,15H2,1-4H3,(H,27,30). The number of carbonyl (C=O) groups excluding carboxylic acids is 1. The minimum absolute atomic E-state index is 0.190. The second kappa shape index (κ2) is 10.3. The molecule has 0 atom stereocenters. The summed E-state index contributed by atoms with van der Waals surface area (Å²) in [6.45, 7) is -0.369. The predicted molar refractivity (Wildman–Crippen MR) is 135 cm³/mol. The molecule has 10 heteroatoms. The van der Waals surface area contributed by atoms with Gasteiger partial charge in [-0.25, -0.2) is 9.36 Å². The zero-order valence-corrected chi connectivity index (χ0v) is 20.2. The number of methoxy groups -OCH3 is 4. The van der Waals surface area contributed by atoms with Crippen molar-refractivity contribution >= 4 is 22.5 Å². The lowest BCUT2D eigenvalue weighted by Crippen LogP contribution is -2.40. The Morgan fingerprint density at radius 3 is 2.03 bits per heavy atom. The minimum Gasteiger partial charge on any atom is -0.493 e. The second-order valence-electron chi connectivity index (χ2n) is 7.69. The predicted octanol–water partition coefficient (Wildman–Crippen LogP) is 2.83. The van der Waals surface area contributed by atoms with Crippen molar-refractivity contribution in [1.29, 1.82) is 0 Å². The Kier molecular flexibility index (Phi) is 6.95. The van der Waals surface area contributed by atoms with Gasteiger partial charge < -0.3 is 24.3 Å². The van der Waals surface area contributed by atoms with Crippen LogP contribution in [0.1, 0.15) is 0 Å². The molecule has 0 aliphatic heterocycles. The topological polar surface area (TPSA) is 110 Å². The van der Waals surface area contributed by atoms with Gasteiger partial charge in [0.2, 0.25) is 5.91 Å². The largest absolute Gasteiger partial charge is 0.493 e. The fraction of sp³-hybridized carbons (Fsp3) is 0.192. The van der Waals surface area contributed by atoms with Gasteiger partial charge in [-0.1, -0.05) is 18.2 Å². The van der Waals surface area contributed by atoms with Crippen molar-refractivity contribution in [3.05, 3.63) is 81.5 Å². The lowest BCUT2D eigenvalue weighted by Gasteiger charge is -2.16. The van der Waals surface area contributed by atoms with E-state index in [0.29, 0.717) is 34.4 Å². The van der Waals surface area contributed by atoms with Gasteiger partial charge in [0, 0.05) is 17.8 Å². The van der Waals surface area contributed by atoms with Crippen LogP contribution in [0.15, 0.2) is 70.3 Å². The van der Waals surface area contributed by atoms with E-state index in [2.05, 4.69) is 5.32 Å². The molecule has 1 heterocycles. The Morgan fingerprint density at radius 1 is 0.778 bits per heavy atom. The molecule has 36 heavy (non-hydrogen) atoms. The summed E-state index contributed by atoms with van der Waals surface area (Å²) in [5.74, 6) is 1.09. The summed E-state index contributed by atoms with van der Waals surface area (Å²) in [6.07, 6.45) is 0. The van der Waals surface area contributed by atoms with E-state index in [9.17, 15) is 14.4 Å². The van der Waals surface area contributed by atoms with E-state index < -0.39 is 17.2 Å². The highest BCUT2D eigenvalue weighted by Gasteiger charge is 2.20. The molecule has 0 saturated heterocycles. The first-order valence-corrected chi connectivity index (χ1v) is 10.9. The van der Waals surface area contributed by atoms with Gasteiger partial charge in [0.15, 0.2) is 23.0 Å². The number of benzene rings is 3. The van der Waals surface area contributed by atoms with Gasteiger partial charge in [0.05, 0.1) is 45.0 Å². The maximum Gasteiger partial charge on any atom is 0.336 e. The van der Waals surface area contributed by atoms with E-state index in [1.807, 2.05) is 0 Å². The number of para-hydroxylation sites is 1. The van der Waals surface area contributed by atoms with E-state index in [0.717, 1.165) is 4.57 Å². The highest BCUT2D eigenvalue weighted by atomic mass is 16.5. The second-order valence-corrected chi connectivity index (χ2v) is 7.69. The molecule has 0 unspecified atom stereocenters. The fourth-order valence-corrected chi connectivity index (χ4v) is 3.91. The first-order valence-electron chi connectivity index (χ1n) is 10.9. The lowest BCUT2D eigenvalue weighted by atomic mass is 10.2. The Balaban J connectivity index is 1.85. The van der Waals surface area contributed by atoms with E-state index in [4.69, 9.17) is 18.9 Å². The molecule has 0 radical (unpaired) electrons. The van der Waals surface area contributed by atoms with E-state index >= 15 is 0 Å². The fourth-order valence-electron chi connectivity index (χ4n) is 3.91. The number of anilines is 1. The number of nitrogens with one attached hydrogen (secondary N) is 1. The van der Waals surface area contributed by atoms with Crippen LogP contribution in [0.25, 0.3) is 16.6 Å². The van der Waals surface area contributed by atoms with Crippen LogP contribution in [0.3, 0.4) is 0 Å². The highest BCUT2D eigenvalue weighted by Crippen LogP contribution is 2.31. The average molecular weight is 492 g/mol. The van der Waals surface area contributed by atoms with Gasteiger partial charge in [-0.05, 0) is 30.3 Å². The third kappa shape index (κ3) is 4.48. The minimum atomic E-state index is -0.673. The molecule has 10 nitrogen and oxygen atoms in total. The molecule has 0 fully saturated rings. The summed E-state index contributed by atoms with van der Waals surface area (Å²) in [5.41, 5.74) is -0.159. The molecular weight excluding hydrogens is 466 g/mol. The van der Waals surface area contributed by atoms with Crippen LogP contribution in [0.4, 0.5) is 5.69 Å². The van der Waals surface area contributed by atoms with E-state index in [-0.39, 0.29) is 17.4 Å². The average Bonchev–Trinajstić information content (AvgIpc) is 2.90. The van der Waals surface area contributed by atoms with Gasteiger partial charge in [0.1, 0.15) is 6.54 Å². The lowest BCUT2D eigenvalue weighted by molar-refractivity contribution is -0.116. The summed E-state index contributed by atoms with van der Waals surface area (Å²) >= 11 is 0. The molecule has 0 spiro atoms. The first kappa shape index (κ1) is 24.4. The van der Waals surface area contributed by atoms with Crippen LogP contribution in [0.5, 0.6) is 23.0 Å². The van der Waals surface area contributed by atoms with Crippen molar-refractivity contribution in [2.75, 3.05) is 33.8 Å². The van der Waals surface area contributed by atoms with Gasteiger partial charge in [-0.3, -0.25) is 14.2 Å². The van der Waals surface area contributed by atoms with Crippen LogP contribution in [0.2, 0.25) is 0 Å². The number of carbonyl (C=O) groups is 1. The van der Waals surface area contributed by atoms with Crippen LogP contribution in [-0.2, 0) is 11.3 Å². The first-order chi connectivity index (χ1) is 17.4. The molecule has 0 aliphatic carbocycles. The zero-order chi connectivity index (χ0) is 25.8. The molecule has 1 N–H and O–H groups in total. The summed E-state index contributed by atoms with van der Waals surface area (Å²) in [6, 6.07) is 16.4. The molecule has 4 aromatic rings. The van der Waals surface area contributed by atoms with Crippen molar-refractivity contribution in [3.63, 3.8) is 0 Å². The van der Waals surface area contributed by atoms with Crippen molar-refractivity contribution in [2.45, 2.75) is 6.54 Å². The summed E-state index contributed by atoms with van der Waals surface area (Å²) < 4.78 is 23.5. The third-order valence-electron chi connectivity index (χ3n) is 5.63. The molecule has 3 aromatic carbocycles. The van der Waals surface area contributed by atoms with Gasteiger partial charge in [-0.15, -0.1) is 0 Å². The Bertz CT molecular complexity index is 1540. The van der Waals surface area contributed by atoms with Crippen molar-refractivity contribution in [3.8, 4) is 28.7 Å². The number of aromatic nitrogens is 2. The summed E-state index contributed by atoms with van der Waals surface area (Å²) in [4.78, 5) is 40.0. The van der Waals surface area contributed by atoms with Crippen LogP contribution in [0, 0.1) is 0 Å².